The number of rotatable bonds is 6. The summed E-state index contributed by atoms with van der Waals surface area (Å²) in [5.74, 6) is -0.115. The average Bonchev–Trinajstić information content (AvgIpc) is 2.61. The van der Waals surface area contributed by atoms with Crippen molar-refractivity contribution in [1.29, 1.82) is 0 Å². The SMILES string of the molecule is CCN(CC)CCN1CC(S(N)(=O)=O)CC1=O. The number of sulfonamides is 1. The lowest BCUT2D eigenvalue weighted by Crippen LogP contribution is -2.37. The third-order valence-corrected chi connectivity index (χ3v) is 4.47. The van der Waals surface area contributed by atoms with Gasteiger partial charge in [-0.2, -0.15) is 0 Å². The predicted octanol–water partition coefficient (Wildman–Crippen LogP) is -0.782. The zero-order chi connectivity index (χ0) is 13.1. The molecule has 0 saturated carbocycles. The van der Waals surface area contributed by atoms with Crippen molar-refractivity contribution in [3.63, 3.8) is 0 Å². The van der Waals surface area contributed by atoms with Gasteiger partial charge in [0.25, 0.3) is 0 Å². The van der Waals surface area contributed by atoms with Crippen LogP contribution < -0.4 is 5.14 Å². The van der Waals surface area contributed by atoms with Crippen LogP contribution in [0.5, 0.6) is 0 Å². The molecule has 17 heavy (non-hydrogen) atoms. The zero-order valence-electron chi connectivity index (χ0n) is 10.4. The number of hydrogen-bond donors (Lipinski definition) is 1. The molecule has 1 heterocycles. The summed E-state index contributed by atoms with van der Waals surface area (Å²) in [5.41, 5.74) is 0. The summed E-state index contributed by atoms with van der Waals surface area (Å²) in [6.45, 7) is 7.56. The normalized spacial score (nSPS) is 21.5. The Labute approximate surface area is 103 Å². The van der Waals surface area contributed by atoms with Crippen molar-refractivity contribution in [2.45, 2.75) is 25.5 Å². The van der Waals surface area contributed by atoms with Gasteiger partial charge in [-0.3, -0.25) is 4.79 Å². The van der Waals surface area contributed by atoms with Gasteiger partial charge < -0.3 is 9.80 Å². The van der Waals surface area contributed by atoms with Crippen molar-refractivity contribution in [2.75, 3.05) is 32.7 Å². The van der Waals surface area contributed by atoms with Gasteiger partial charge in [0.2, 0.25) is 15.9 Å². The molecule has 0 aromatic heterocycles. The monoisotopic (exact) mass is 263 g/mol. The molecular weight excluding hydrogens is 242 g/mol. The molecule has 1 aliphatic heterocycles. The molecule has 1 aliphatic rings. The predicted molar refractivity (Wildman–Crippen MR) is 65.9 cm³/mol. The Morgan fingerprint density at radius 3 is 2.41 bits per heavy atom. The minimum Gasteiger partial charge on any atom is -0.340 e. The third-order valence-electron chi connectivity index (χ3n) is 3.22. The number of hydrogen-bond acceptors (Lipinski definition) is 4. The molecule has 0 radical (unpaired) electrons. The Kier molecular flexibility index (Phi) is 4.91. The Bertz CT molecular complexity index is 365. The Morgan fingerprint density at radius 2 is 2.00 bits per heavy atom. The molecule has 1 fully saturated rings. The van der Waals surface area contributed by atoms with E-state index in [1.165, 1.54) is 0 Å². The lowest BCUT2D eigenvalue weighted by Gasteiger charge is -2.22. The molecule has 1 saturated heterocycles. The first-order valence-corrected chi connectivity index (χ1v) is 7.51. The molecule has 1 amide bonds. The number of nitrogens with zero attached hydrogens (tertiary/aromatic N) is 2. The van der Waals surface area contributed by atoms with Gasteiger partial charge in [0, 0.05) is 26.1 Å². The highest BCUT2D eigenvalue weighted by Crippen LogP contribution is 2.16. The second kappa shape index (κ2) is 5.79. The fourth-order valence-corrected chi connectivity index (χ4v) is 2.74. The molecule has 0 aromatic carbocycles. The zero-order valence-corrected chi connectivity index (χ0v) is 11.2. The number of likely N-dealkylation sites (tertiary alicyclic amines) is 1. The van der Waals surface area contributed by atoms with Crippen molar-refractivity contribution in [3.8, 4) is 0 Å². The molecule has 6 nitrogen and oxygen atoms in total. The van der Waals surface area contributed by atoms with Gasteiger partial charge in [0.05, 0.1) is 0 Å². The van der Waals surface area contributed by atoms with Gasteiger partial charge in [-0.25, -0.2) is 13.6 Å². The largest absolute Gasteiger partial charge is 0.340 e. The Morgan fingerprint density at radius 1 is 1.41 bits per heavy atom. The highest BCUT2D eigenvalue weighted by molar-refractivity contribution is 7.89. The fraction of sp³-hybridized carbons (Fsp3) is 0.900. The number of amides is 1. The van der Waals surface area contributed by atoms with Crippen LogP contribution in [0.4, 0.5) is 0 Å². The second-order valence-electron chi connectivity index (χ2n) is 4.28. The summed E-state index contributed by atoms with van der Waals surface area (Å²) in [5, 5.41) is 4.33. The van der Waals surface area contributed by atoms with Crippen LogP contribution in [0, 0.1) is 0 Å². The number of primary sulfonamides is 1. The molecule has 0 spiro atoms. The molecule has 1 unspecified atom stereocenters. The molecule has 0 aliphatic carbocycles. The van der Waals surface area contributed by atoms with E-state index in [0.717, 1.165) is 19.6 Å². The van der Waals surface area contributed by atoms with Gasteiger partial charge in [0.15, 0.2) is 0 Å². The quantitative estimate of drug-likeness (QED) is 0.681. The summed E-state index contributed by atoms with van der Waals surface area (Å²) >= 11 is 0. The summed E-state index contributed by atoms with van der Waals surface area (Å²) < 4.78 is 22.3. The molecule has 7 heteroatoms. The minimum atomic E-state index is -3.59. The van der Waals surface area contributed by atoms with E-state index in [0.29, 0.717) is 6.54 Å². The Balaban J connectivity index is 2.49. The maximum Gasteiger partial charge on any atom is 0.224 e. The Hall–Kier alpha value is -0.660. The summed E-state index contributed by atoms with van der Waals surface area (Å²) in [4.78, 5) is 15.4. The standard InChI is InChI=1S/C10H21N3O3S/c1-3-12(4-2)5-6-13-8-9(7-10(13)14)17(11,15)16/h9H,3-8H2,1-2H3,(H2,11,15,16). The first kappa shape index (κ1) is 14.4. The van der Waals surface area contributed by atoms with Crippen molar-refractivity contribution < 1.29 is 13.2 Å². The molecule has 2 N–H and O–H groups in total. The van der Waals surface area contributed by atoms with Crippen LogP contribution in [-0.2, 0) is 14.8 Å². The van der Waals surface area contributed by atoms with Crippen LogP contribution in [-0.4, -0.2) is 62.1 Å². The van der Waals surface area contributed by atoms with E-state index in [2.05, 4.69) is 18.7 Å². The van der Waals surface area contributed by atoms with Crippen LogP contribution in [0.1, 0.15) is 20.3 Å². The first-order valence-electron chi connectivity index (χ1n) is 5.90. The summed E-state index contributed by atoms with van der Waals surface area (Å²) in [6.07, 6.45) is 0.0249. The maximum atomic E-state index is 11.6. The van der Waals surface area contributed by atoms with Crippen LogP contribution in [0.25, 0.3) is 0 Å². The molecule has 100 valence electrons. The van der Waals surface area contributed by atoms with Gasteiger partial charge >= 0.3 is 0 Å². The van der Waals surface area contributed by atoms with E-state index in [1.54, 1.807) is 4.90 Å². The average molecular weight is 263 g/mol. The molecule has 0 bridgehead atoms. The van der Waals surface area contributed by atoms with E-state index < -0.39 is 15.3 Å². The van der Waals surface area contributed by atoms with Crippen molar-refractivity contribution >= 4 is 15.9 Å². The first-order chi connectivity index (χ1) is 7.88. The van der Waals surface area contributed by atoms with E-state index >= 15 is 0 Å². The molecular formula is C10H21N3O3S. The lowest BCUT2D eigenvalue weighted by molar-refractivity contribution is -0.127. The van der Waals surface area contributed by atoms with Gasteiger partial charge in [-0.15, -0.1) is 0 Å². The van der Waals surface area contributed by atoms with E-state index in [4.69, 9.17) is 5.14 Å². The van der Waals surface area contributed by atoms with Crippen LogP contribution in [0.15, 0.2) is 0 Å². The highest BCUT2D eigenvalue weighted by atomic mass is 32.2. The topological polar surface area (TPSA) is 83.7 Å². The smallest absolute Gasteiger partial charge is 0.224 e. The number of carbonyl (C=O) groups excluding carboxylic acids is 1. The van der Waals surface area contributed by atoms with Gasteiger partial charge in [-0.05, 0) is 13.1 Å². The second-order valence-corrected chi connectivity index (χ2v) is 6.13. The van der Waals surface area contributed by atoms with Gasteiger partial charge in [-0.1, -0.05) is 13.8 Å². The summed E-state index contributed by atoms with van der Waals surface area (Å²) in [7, 11) is -3.59. The maximum absolute atomic E-state index is 11.6. The third kappa shape index (κ3) is 3.93. The number of nitrogens with two attached hydrogens (primary N) is 1. The fourth-order valence-electron chi connectivity index (χ4n) is 1.97. The lowest BCUT2D eigenvalue weighted by atomic mass is 10.4. The molecule has 1 atom stereocenters. The van der Waals surface area contributed by atoms with E-state index in [-0.39, 0.29) is 18.9 Å². The molecule has 0 aromatic rings. The van der Waals surface area contributed by atoms with Gasteiger partial charge in [0.1, 0.15) is 5.25 Å². The van der Waals surface area contributed by atoms with E-state index in [9.17, 15) is 13.2 Å². The van der Waals surface area contributed by atoms with Crippen molar-refractivity contribution in [1.82, 2.24) is 9.80 Å². The minimum absolute atomic E-state index is 0.0249. The highest BCUT2D eigenvalue weighted by Gasteiger charge is 2.36. The van der Waals surface area contributed by atoms with E-state index in [1.807, 2.05) is 0 Å². The summed E-state index contributed by atoms with van der Waals surface area (Å²) in [6, 6.07) is 0. The van der Waals surface area contributed by atoms with Crippen LogP contribution in [0.2, 0.25) is 0 Å². The van der Waals surface area contributed by atoms with Crippen molar-refractivity contribution in [2.24, 2.45) is 5.14 Å². The van der Waals surface area contributed by atoms with Crippen LogP contribution >= 0.6 is 0 Å². The molecule has 1 rings (SSSR count). The number of likely N-dealkylation sites (N-methyl/N-ethyl adjacent to an activating group) is 1. The van der Waals surface area contributed by atoms with Crippen LogP contribution in [0.3, 0.4) is 0 Å². The number of carbonyl (C=O) groups is 1. The van der Waals surface area contributed by atoms with Crippen molar-refractivity contribution in [3.05, 3.63) is 0 Å².